The summed E-state index contributed by atoms with van der Waals surface area (Å²) in [6, 6.07) is 2.27. The third kappa shape index (κ3) is 2.50. The first-order valence-electron chi connectivity index (χ1n) is 5.58. The Morgan fingerprint density at radius 2 is 2.07 bits per heavy atom. The van der Waals surface area contributed by atoms with Crippen molar-refractivity contribution >= 4 is 5.91 Å². The number of carbonyl (C=O) groups is 1. The molecule has 0 aromatic rings. The number of amides is 1. The first kappa shape index (κ1) is 12.0. The van der Waals surface area contributed by atoms with Gasteiger partial charge in [0.15, 0.2) is 0 Å². The minimum atomic E-state index is -0.696. The molecule has 0 aliphatic heterocycles. The van der Waals surface area contributed by atoms with Gasteiger partial charge in [-0.3, -0.25) is 4.79 Å². The average molecular weight is 208 g/mol. The molecule has 0 unspecified atom stereocenters. The van der Waals surface area contributed by atoms with E-state index in [2.05, 4.69) is 39.1 Å². The van der Waals surface area contributed by atoms with Crippen molar-refractivity contribution in [1.29, 1.82) is 5.26 Å². The summed E-state index contributed by atoms with van der Waals surface area (Å²) in [6.07, 6.45) is 2.34. The maximum absolute atomic E-state index is 11.8. The SMILES string of the molecule is CC[C@@H](NC(=O)C1(C#N)CC1)C(C)(C)C. The highest BCUT2D eigenvalue weighted by Gasteiger charge is 2.51. The van der Waals surface area contributed by atoms with Crippen LogP contribution in [0.1, 0.15) is 47.0 Å². The third-order valence-electron chi connectivity index (χ3n) is 3.16. The molecule has 1 aliphatic carbocycles. The van der Waals surface area contributed by atoms with Gasteiger partial charge in [0.05, 0.1) is 6.07 Å². The lowest BCUT2D eigenvalue weighted by Crippen LogP contribution is -2.46. The Hall–Kier alpha value is -1.04. The van der Waals surface area contributed by atoms with E-state index in [4.69, 9.17) is 5.26 Å². The number of hydrogen-bond donors (Lipinski definition) is 1. The summed E-state index contributed by atoms with van der Waals surface area (Å²) in [4.78, 5) is 11.8. The first-order valence-corrected chi connectivity index (χ1v) is 5.58. The van der Waals surface area contributed by atoms with E-state index in [0.29, 0.717) is 0 Å². The van der Waals surface area contributed by atoms with Gasteiger partial charge in [0.25, 0.3) is 0 Å². The van der Waals surface area contributed by atoms with Gasteiger partial charge in [-0.2, -0.15) is 5.26 Å². The fourth-order valence-electron chi connectivity index (χ4n) is 1.74. The molecular formula is C12H20N2O. The summed E-state index contributed by atoms with van der Waals surface area (Å²) in [5.41, 5.74) is -0.644. The normalized spacial score (nSPS) is 20.2. The van der Waals surface area contributed by atoms with Crippen molar-refractivity contribution in [2.24, 2.45) is 10.8 Å². The van der Waals surface area contributed by atoms with E-state index in [1.807, 2.05) is 0 Å². The molecule has 0 spiro atoms. The van der Waals surface area contributed by atoms with Crippen LogP contribution < -0.4 is 5.32 Å². The second kappa shape index (κ2) is 3.84. The third-order valence-corrected chi connectivity index (χ3v) is 3.16. The van der Waals surface area contributed by atoms with Crippen LogP contribution >= 0.6 is 0 Å². The molecule has 84 valence electrons. The summed E-state index contributed by atoms with van der Waals surface area (Å²) >= 11 is 0. The predicted molar refractivity (Wildman–Crippen MR) is 59.0 cm³/mol. The van der Waals surface area contributed by atoms with E-state index >= 15 is 0 Å². The van der Waals surface area contributed by atoms with Gasteiger partial charge in [-0.25, -0.2) is 0 Å². The van der Waals surface area contributed by atoms with E-state index in [1.165, 1.54) is 0 Å². The molecule has 3 heteroatoms. The Balaban J connectivity index is 2.62. The molecule has 0 radical (unpaired) electrons. The molecule has 1 amide bonds. The molecule has 15 heavy (non-hydrogen) atoms. The molecule has 3 nitrogen and oxygen atoms in total. The van der Waals surface area contributed by atoms with Gasteiger partial charge >= 0.3 is 0 Å². The smallest absolute Gasteiger partial charge is 0.240 e. The molecule has 1 N–H and O–H groups in total. The van der Waals surface area contributed by atoms with Crippen molar-refractivity contribution in [3.8, 4) is 6.07 Å². The number of nitrogens with zero attached hydrogens (tertiary/aromatic N) is 1. The largest absolute Gasteiger partial charge is 0.351 e. The van der Waals surface area contributed by atoms with Crippen molar-refractivity contribution < 1.29 is 4.79 Å². The minimum Gasteiger partial charge on any atom is -0.351 e. The summed E-state index contributed by atoms with van der Waals surface area (Å²) in [6.45, 7) is 8.37. The summed E-state index contributed by atoms with van der Waals surface area (Å²) in [7, 11) is 0. The number of nitrogens with one attached hydrogen (secondary N) is 1. The van der Waals surface area contributed by atoms with E-state index < -0.39 is 5.41 Å². The van der Waals surface area contributed by atoms with Gasteiger partial charge in [-0.1, -0.05) is 27.7 Å². The Bertz CT molecular complexity index is 292. The van der Waals surface area contributed by atoms with Crippen LogP contribution in [0.3, 0.4) is 0 Å². The highest BCUT2D eigenvalue weighted by Crippen LogP contribution is 2.45. The van der Waals surface area contributed by atoms with Gasteiger partial charge in [0.1, 0.15) is 5.41 Å². The van der Waals surface area contributed by atoms with E-state index in [1.54, 1.807) is 0 Å². The lowest BCUT2D eigenvalue weighted by molar-refractivity contribution is -0.126. The Kier molecular flexibility index (Phi) is 3.08. The zero-order valence-corrected chi connectivity index (χ0v) is 10.1. The monoisotopic (exact) mass is 208 g/mol. The maximum Gasteiger partial charge on any atom is 0.240 e. The van der Waals surface area contributed by atoms with Crippen molar-refractivity contribution in [2.75, 3.05) is 0 Å². The molecule has 0 bridgehead atoms. The molecule has 0 aromatic heterocycles. The zero-order chi connectivity index (χ0) is 11.7. The number of rotatable bonds is 3. The highest BCUT2D eigenvalue weighted by molar-refractivity contribution is 5.88. The van der Waals surface area contributed by atoms with Crippen LogP contribution in [0.2, 0.25) is 0 Å². The fourth-order valence-corrected chi connectivity index (χ4v) is 1.74. The van der Waals surface area contributed by atoms with Crippen molar-refractivity contribution in [2.45, 2.75) is 53.0 Å². The van der Waals surface area contributed by atoms with Crippen LogP contribution in [0.5, 0.6) is 0 Å². The van der Waals surface area contributed by atoms with Gasteiger partial charge < -0.3 is 5.32 Å². The Labute approximate surface area is 91.9 Å². The maximum atomic E-state index is 11.8. The van der Waals surface area contributed by atoms with Crippen LogP contribution in [0.4, 0.5) is 0 Å². The van der Waals surface area contributed by atoms with Crippen LogP contribution in [0.15, 0.2) is 0 Å². The molecule has 1 rings (SSSR count). The quantitative estimate of drug-likeness (QED) is 0.773. The predicted octanol–water partition coefficient (Wildman–Crippen LogP) is 2.23. The van der Waals surface area contributed by atoms with Crippen molar-refractivity contribution in [3.05, 3.63) is 0 Å². The van der Waals surface area contributed by atoms with Crippen LogP contribution in [-0.2, 0) is 4.79 Å². The molecule has 0 heterocycles. The minimum absolute atomic E-state index is 0.0515. The second-order valence-electron chi connectivity index (χ2n) is 5.49. The van der Waals surface area contributed by atoms with E-state index in [0.717, 1.165) is 19.3 Å². The highest BCUT2D eigenvalue weighted by atomic mass is 16.2. The van der Waals surface area contributed by atoms with E-state index in [9.17, 15) is 4.79 Å². The average Bonchev–Trinajstić information content (AvgIpc) is 2.92. The molecule has 0 aromatic carbocycles. The first-order chi connectivity index (χ1) is 6.85. The van der Waals surface area contributed by atoms with Crippen LogP contribution in [-0.4, -0.2) is 11.9 Å². The Morgan fingerprint density at radius 1 is 1.53 bits per heavy atom. The van der Waals surface area contributed by atoms with E-state index in [-0.39, 0.29) is 17.4 Å². The zero-order valence-electron chi connectivity index (χ0n) is 10.1. The second-order valence-corrected chi connectivity index (χ2v) is 5.49. The number of carbonyl (C=O) groups excluding carboxylic acids is 1. The molecule has 1 saturated carbocycles. The molecule has 1 fully saturated rings. The molecular weight excluding hydrogens is 188 g/mol. The fraction of sp³-hybridized carbons (Fsp3) is 0.833. The van der Waals surface area contributed by atoms with Gasteiger partial charge in [-0.05, 0) is 24.7 Å². The molecule has 1 aliphatic rings. The van der Waals surface area contributed by atoms with Gasteiger partial charge in [-0.15, -0.1) is 0 Å². The topological polar surface area (TPSA) is 52.9 Å². The Morgan fingerprint density at radius 3 is 2.33 bits per heavy atom. The van der Waals surface area contributed by atoms with Crippen molar-refractivity contribution in [3.63, 3.8) is 0 Å². The van der Waals surface area contributed by atoms with Gasteiger partial charge in [0, 0.05) is 6.04 Å². The summed E-state index contributed by atoms with van der Waals surface area (Å²) in [5, 5.41) is 11.9. The summed E-state index contributed by atoms with van der Waals surface area (Å²) in [5.74, 6) is -0.0771. The lowest BCUT2D eigenvalue weighted by atomic mass is 9.85. The molecule has 0 saturated heterocycles. The molecule has 1 atom stereocenters. The van der Waals surface area contributed by atoms with Crippen LogP contribution in [0, 0.1) is 22.2 Å². The number of hydrogen-bond acceptors (Lipinski definition) is 2. The standard InChI is InChI=1S/C12H20N2O/c1-5-9(11(2,3)4)14-10(15)12(8-13)6-7-12/h9H,5-7H2,1-4H3,(H,14,15)/t9-/m1/s1. The summed E-state index contributed by atoms with van der Waals surface area (Å²) < 4.78 is 0. The lowest BCUT2D eigenvalue weighted by Gasteiger charge is -2.31. The van der Waals surface area contributed by atoms with Crippen molar-refractivity contribution in [1.82, 2.24) is 5.32 Å². The van der Waals surface area contributed by atoms with Crippen LogP contribution in [0.25, 0.3) is 0 Å². The van der Waals surface area contributed by atoms with Gasteiger partial charge in [0.2, 0.25) is 5.91 Å². The number of nitriles is 1.